The van der Waals surface area contributed by atoms with Gasteiger partial charge in [0, 0.05) is 5.92 Å². The molecule has 23 heavy (non-hydrogen) atoms. The summed E-state index contributed by atoms with van der Waals surface area (Å²) in [5.41, 5.74) is 2.09. The molecule has 2 atom stereocenters. The quantitative estimate of drug-likeness (QED) is 0.757. The van der Waals surface area contributed by atoms with Crippen LogP contribution in [-0.2, 0) is 11.4 Å². The van der Waals surface area contributed by atoms with Crippen LogP contribution in [0.15, 0.2) is 66.7 Å². The standard InChI is InChI=1S/C20H22O3/c1-3-7-19(15(2)20(21)22)17-10-12-18(13-11-17)23-14-16-8-5-4-6-9-16/h3-13,15,19H,14H2,1-2H3,(H,21,22)/b7-3-/t15-,19+/m0/s1. The maximum Gasteiger partial charge on any atom is 0.307 e. The Morgan fingerprint density at radius 1 is 1.13 bits per heavy atom. The molecule has 0 saturated carbocycles. The minimum absolute atomic E-state index is 0.138. The summed E-state index contributed by atoms with van der Waals surface area (Å²) in [6.07, 6.45) is 3.82. The zero-order chi connectivity index (χ0) is 16.7. The van der Waals surface area contributed by atoms with Crippen LogP contribution in [-0.4, -0.2) is 11.1 Å². The van der Waals surface area contributed by atoms with Crippen molar-refractivity contribution >= 4 is 5.97 Å². The zero-order valence-electron chi connectivity index (χ0n) is 13.5. The number of benzene rings is 2. The van der Waals surface area contributed by atoms with E-state index in [4.69, 9.17) is 4.74 Å². The first-order valence-corrected chi connectivity index (χ1v) is 7.74. The van der Waals surface area contributed by atoms with Gasteiger partial charge in [-0.05, 0) is 30.2 Å². The lowest BCUT2D eigenvalue weighted by atomic mass is 9.87. The molecule has 0 aliphatic heterocycles. The van der Waals surface area contributed by atoms with E-state index >= 15 is 0 Å². The Hall–Kier alpha value is -2.55. The summed E-state index contributed by atoms with van der Waals surface area (Å²) >= 11 is 0. The highest BCUT2D eigenvalue weighted by Gasteiger charge is 2.22. The average Bonchev–Trinajstić information content (AvgIpc) is 2.58. The molecule has 0 aliphatic rings. The van der Waals surface area contributed by atoms with E-state index in [0.717, 1.165) is 16.9 Å². The van der Waals surface area contributed by atoms with Crippen molar-refractivity contribution in [2.75, 3.05) is 0 Å². The van der Waals surface area contributed by atoms with Crippen molar-refractivity contribution in [1.29, 1.82) is 0 Å². The van der Waals surface area contributed by atoms with Crippen molar-refractivity contribution in [1.82, 2.24) is 0 Å². The summed E-state index contributed by atoms with van der Waals surface area (Å²) in [4.78, 5) is 11.3. The molecule has 0 bridgehead atoms. The number of rotatable bonds is 7. The monoisotopic (exact) mass is 310 g/mol. The molecule has 0 amide bonds. The number of hydrogen-bond acceptors (Lipinski definition) is 2. The maximum atomic E-state index is 11.3. The largest absolute Gasteiger partial charge is 0.489 e. The second-order valence-corrected chi connectivity index (χ2v) is 5.52. The molecule has 1 N–H and O–H groups in total. The molecular weight excluding hydrogens is 288 g/mol. The van der Waals surface area contributed by atoms with E-state index < -0.39 is 11.9 Å². The molecule has 2 aromatic rings. The second-order valence-electron chi connectivity index (χ2n) is 5.52. The van der Waals surface area contributed by atoms with Gasteiger partial charge in [-0.3, -0.25) is 4.79 Å². The Morgan fingerprint density at radius 2 is 1.78 bits per heavy atom. The molecule has 0 radical (unpaired) electrons. The van der Waals surface area contributed by atoms with Crippen molar-refractivity contribution in [2.24, 2.45) is 5.92 Å². The van der Waals surface area contributed by atoms with Crippen LogP contribution in [0.25, 0.3) is 0 Å². The minimum Gasteiger partial charge on any atom is -0.489 e. The van der Waals surface area contributed by atoms with E-state index in [1.54, 1.807) is 6.92 Å². The lowest BCUT2D eigenvalue weighted by molar-refractivity contribution is -0.141. The molecule has 0 spiro atoms. The van der Waals surface area contributed by atoms with Crippen LogP contribution in [0, 0.1) is 5.92 Å². The number of allylic oxidation sites excluding steroid dienone is 2. The van der Waals surface area contributed by atoms with Crippen LogP contribution in [0.5, 0.6) is 5.75 Å². The highest BCUT2D eigenvalue weighted by molar-refractivity contribution is 5.71. The van der Waals surface area contributed by atoms with Gasteiger partial charge >= 0.3 is 5.97 Å². The van der Waals surface area contributed by atoms with Crippen molar-refractivity contribution in [3.8, 4) is 5.75 Å². The fourth-order valence-electron chi connectivity index (χ4n) is 2.45. The van der Waals surface area contributed by atoms with Gasteiger partial charge in [-0.2, -0.15) is 0 Å². The summed E-state index contributed by atoms with van der Waals surface area (Å²) in [6.45, 7) is 4.15. The number of ether oxygens (including phenoxy) is 1. The number of aliphatic carboxylic acids is 1. The lowest BCUT2D eigenvalue weighted by Crippen LogP contribution is -2.17. The Bertz CT molecular complexity index is 644. The van der Waals surface area contributed by atoms with E-state index in [1.165, 1.54) is 0 Å². The van der Waals surface area contributed by atoms with Gasteiger partial charge in [0.1, 0.15) is 12.4 Å². The molecule has 0 saturated heterocycles. The predicted molar refractivity (Wildman–Crippen MR) is 91.6 cm³/mol. The highest BCUT2D eigenvalue weighted by atomic mass is 16.5. The molecule has 120 valence electrons. The molecule has 2 rings (SSSR count). The molecule has 3 nitrogen and oxygen atoms in total. The molecule has 0 aromatic heterocycles. The van der Waals surface area contributed by atoms with Crippen LogP contribution in [0.2, 0.25) is 0 Å². The third-order valence-corrected chi connectivity index (χ3v) is 3.84. The van der Waals surface area contributed by atoms with Gasteiger partial charge in [-0.25, -0.2) is 0 Å². The molecule has 0 heterocycles. The first-order valence-electron chi connectivity index (χ1n) is 7.74. The van der Waals surface area contributed by atoms with E-state index in [9.17, 15) is 9.90 Å². The normalized spacial score (nSPS) is 13.7. The molecule has 3 heteroatoms. The summed E-state index contributed by atoms with van der Waals surface area (Å²) in [7, 11) is 0. The molecule has 0 aliphatic carbocycles. The third-order valence-electron chi connectivity index (χ3n) is 3.84. The number of carboxylic acids is 1. The Balaban J connectivity index is 2.06. The first-order chi connectivity index (χ1) is 11.1. The topological polar surface area (TPSA) is 46.5 Å². The van der Waals surface area contributed by atoms with E-state index in [2.05, 4.69) is 0 Å². The average molecular weight is 310 g/mol. The van der Waals surface area contributed by atoms with Crippen LogP contribution >= 0.6 is 0 Å². The van der Waals surface area contributed by atoms with Crippen LogP contribution < -0.4 is 4.74 Å². The van der Waals surface area contributed by atoms with E-state index in [1.807, 2.05) is 73.7 Å². The Kier molecular flexibility index (Phi) is 5.98. The van der Waals surface area contributed by atoms with Gasteiger partial charge in [0.15, 0.2) is 0 Å². The van der Waals surface area contributed by atoms with Gasteiger partial charge in [-0.15, -0.1) is 0 Å². The van der Waals surface area contributed by atoms with Gasteiger partial charge in [0.2, 0.25) is 0 Å². The second kappa shape index (κ2) is 8.18. The van der Waals surface area contributed by atoms with Crippen LogP contribution in [0.4, 0.5) is 0 Å². The summed E-state index contributed by atoms with van der Waals surface area (Å²) in [6, 6.07) is 17.6. The van der Waals surface area contributed by atoms with Crippen molar-refractivity contribution in [3.63, 3.8) is 0 Å². The van der Waals surface area contributed by atoms with Crippen LogP contribution in [0.3, 0.4) is 0 Å². The predicted octanol–water partition coefficient (Wildman–Crippen LogP) is 4.65. The van der Waals surface area contributed by atoms with Crippen molar-refractivity contribution < 1.29 is 14.6 Å². The minimum atomic E-state index is -0.794. The van der Waals surface area contributed by atoms with Gasteiger partial charge in [0.25, 0.3) is 0 Å². The van der Waals surface area contributed by atoms with Crippen molar-refractivity contribution in [3.05, 3.63) is 77.9 Å². The molecular formula is C20H22O3. The van der Waals surface area contributed by atoms with Crippen molar-refractivity contribution in [2.45, 2.75) is 26.4 Å². The summed E-state index contributed by atoms with van der Waals surface area (Å²) < 4.78 is 5.76. The first kappa shape index (κ1) is 16.8. The molecule has 0 fully saturated rings. The number of carboxylic acid groups (broad SMARTS) is 1. The summed E-state index contributed by atoms with van der Waals surface area (Å²) in [5.74, 6) is -0.625. The van der Waals surface area contributed by atoms with Gasteiger partial charge < -0.3 is 9.84 Å². The van der Waals surface area contributed by atoms with Gasteiger partial charge in [-0.1, -0.05) is 61.5 Å². The smallest absolute Gasteiger partial charge is 0.307 e. The van der Waals surface area contributed by atoms with Gasteiger partial charge in [0.05, 0.1) is 5.92 Å². The van der Waals surface area contributed by atoms with Crippen LogP contribution in [0.1, 0.15) is 30.9 Å². The van der Waals surface area contributed by atoms with E-state index in [0.29, 0.717) is 6.61 Å². The number of hydrogen-bond donors (Lipinski definition) is 1. The van der Waals surface area contributed by atoms with E-state index in [-0.39, 0.29) is 5.92 Å². The number of carbonyl (C=O) groups is 1. The third kappa shape index (κ3) is 4.71. The Morgan fingerprint density at radius 3 is 2.35 bits per heavy atom. The maximum absolute atomic E-state index is 11.3. The molecule has 2 aromatic carbocycles. The fraction of sp³-hybridized carbons (Fsp3) is 0.250. The Labute approximate surface area is 137 Å². The zero-order valence-corrected chi connectivity index (χ0v) is 13.5. The SMILES string of the molecule is C/C=C\[C@@H](c1ccc(OCc2ccccc2)cc1)[C@H](C)C(=O)O. The molecule has 0 unspecified atom stereocenters. The fourth-order valence-corrected chi connectivity index (χ4v) is 2.45. The summed E-state index contributed by atoms with van der Waals surface area (Å²) in [5, 5.41) is 9.25. The lowest BCUT2D eigenvalue weighted by Gasteiger charge is -2.18. The highest BCUT2D eigenvalue weighted by Crippen LogP contribution is 2.28.